The van der Waals surface area contributed by atoms with Crippen LogP contribution in [-0.2, 0) is 11.3 Å². The number of likely N-dealkylation sites (N-methyl/N-ethyl adjacent to an activating group) is 1. The van der Waals surface area contributed by atoms with Crippen LogP contribution in [0.2, 0.25) is 0 Å². The van der Waals surface area contributed by atoms with Crippen LogP contribution in [0, 0.1) is 0 Å². The Bertz CT molecular complexity index is 764. The summed E-state index contributed by atoms with van der Waals surface area (Å²) in [4.78, 5) is 14.3. The largest absolute Gasteiger partial charge is 0.486 e. The van der Waals surface area contributed by atoms with Gasteiger partial charge in [-0.3, -0.25) is 9.69 Å². The van der Waals surface area contributed by atoms with Crippen LogP contribution < -0.4 is 14.8 Å². The lowest BCUT2D eigenvalue weighted by atomic mass is 10.1. The maximum Gasteiger partial charge on any atom is 0.234 e. The molecule has 0 fully saturated rings. The molecule has 1 N–H and O–H groups in total. The van der Waals surface area contributed by atoms with Gasteiger partial charge in [0.2, 0.25) is 5.91 Å². The van der Waals surface area contributed by atoms with Gasteiger partial charge < -0.3 is 14.8 Å². The third-order valence-electron chi connectivity index (χ3n) is 4.22. The highest BCUT2D eigenvalue weighted by Crippen LogP contribution is 2.32. The van der Waals surface area contributed by atoms with Crippen LogP contribution in [0.3, 0.4) is 0 Å². The number of hydrogen-bond acceptors (Lipinski definition) is 4. The van der Waals surface area contributed by atoms with Crippen LogP contribution in [0.15, 0.2) is 46.9 Å². The van der Waals surface area contributed by atoms with Gasteiger partial charge in [-0.25, -0.2) is 0 Å². The number of nitrogens with zero attached hydrogens (tertiary/aromatic N) is 1. The predicted molar refractivity (Wildman–Crippen MR) is 104 cm³/mol. The van der Waals surface area contributed by atoms with Crippen molar-refractivity contribution in [3.8, 4) is 11.5 Å². The molecule has 0 radical (unpaired) electrons. The summed E-state index contributed by atoms with van der Waals surface area (Å²) in [7, 11) is 1.94. The normalized spacial score (nSPS) is 14.2. The van der Waals surface area contributed by atoms with Gasteiger partial charge in [0, 0.05) is 11.0 Å². The standard InChI is InChI=1S/C20H23BrN2O3/c1-14(16-5-8-18-19(11-16)26-10-9-25-18)22-20(24)13-23(2)12-15-3-6-17(21)7-4-15/h3-8,11,14H,9-10,12-13H2,1-2H3,(H,22,24)/t14-/m0/s1. The molecular weight excluding hydrogens is 396 g/mol. The summed E-state index contributed by atoms with van der Waals surface area (Å²) in [5.41, 5.74) is 2.17. The quantitative estimate of drug-likeness (QED) is 0.779. The molecule has 0 unspecified atom stereocenters. The second-order valence-corrected chi connectivity index (χ2v) is 7.41. The highest BCUT2D eigenvalue weighted by Gasteiger charge is 2.16. The molecule has 5 nitrogen and oxygen atoms in total. The Balaban J connectivity index is 1.53. The molecule has 6 heteroatoms. The first-order valence-corrected chi connectivity index (χ1v) is 9.42. The number of ether oxygens (including phenoxy) is 2. The van der Waals surface area contributed by atoms with Gasteiger partial charge in [0.25, 0.3) is 0 Å². The average Bonchev–Trinajstić information content (AvgIpc) is 2.63. The molecule has 26 heavy (non-hydrogen) atoms. The van der Waals surface area contributed by atoms with E-state index in [-0.39, 0.29) is 11.9 Å². The van der Waals surface area contributed by atoms with Crippen LogP contribution in [0.5, 0.6) is 11.5 Å². The summed E-state index contributed by atoms with van der Waals surface area (Å²) in [6.07, 6.45) is 0. The average molecular weight is 419 g/mol. The molecule has 0 bridgehead atoms. The van der Waals surface area contributed by atoms with Crippen LogP contribution >= 0.6 is 15.9 Å². The summed E-state index contributed by atoms with van der Waals surface area (Å²) in [5, 5.41) is 3.04. The highest BCUT2D eigenvalue weighted by molar-refractivity contribution is 9.10. The second-order valence-electron chi connectivity index (χ2n) is 6.49. The predicted octanol–water partition coefficient (Wildman–Crippen LogP) is 3.53. The van der Waals surface area contributed by atoms with Crippen molar-refractivity contribution in [2.45, 2.75) is 19.5 Å². The summed E-state index contributed by atoms with van der Waals surface area (Å²) in [6.45, 7) is 4.16. The fraction of sp³-hybridized carbons (Fsp3) is 0.350. The first-order chi connectivity index (χ1) is 12.5. The van der Waals surface area contributed by atoms with Crippen molar-refractivity contribution in [1.82, 2.24) is 10.2 Å². The van der Waals surface area contributed by atoms with Gasteiger partial charge in [-0.15, -0.1) is 0 Å². The molecule has 0 aliphatic carbocycles. The number of nitrogens with one attached hydrogen (secondary N) is 1. The first-order valence-electron chi connectivity index (χ1n) is 8.63. The Kier molecular flexibility index (Phi) is 6.16. The van der Waals surface area contributed by atoms with Crippen LogP contribution in [0.4, 0.5) is 0 Å². The SMILES string of the molecule is C[C@H](NC(=O)CN(C)Cc1ccc(Br)cc1)c1ccc2c(c1)OCCO2. The van der Waals surface area contributed by atoms with Crippen LogP contribution in [0.25, 0.3) is 0 Å². The molecule has 0 saturated heterocycles. The van der Waals surface area contributed by atoms with Gasteiger partial charge >= 0.3 is 0 Å². The van der Waals surface area contributed by atoms with Crippen molar-refractivity contribution in [2.24, 2.45) is 0 Å². The minimum atomic E-state index is -0.0978. The Morgan fingerprint density at radius 1 is 1.15 bits per heavy atom. The topological polar surface area (TPSA) is 50.8 Å². The van der Waals surface area contributed by atoms with Crippen molar-refractivity contribution >= 4 is 21.8 Å². The zero-order valence-electron chi connectivity index (χ0n) is 15.0. The minimum Gasteiger partial charge on any atom is -0.486 e. The second kappa shape index (κ2) is 8.56. The van der Waals surface area contributed by atoms with E-state index in [1.165, 1.54) is 5.56 Å². The van der Waals surface area contributed by atoms with Crippen LogP contribution in [-0.4, -0.2) is 37.6 Å². The van der Waals surface area contributed by atoms with E-state index < -0.39 is 0 Å². The number of rotatable bonds is 6. The van der Waals surface area contributed by atoms with Gasteiger partial charge in [-0.2, -0.15) is 0 Å². The van der Waals surface area contributed by atoms with E-state index in [0.717, 1.165) is 28.1 Å². The number of halogens is 1. The summed E-state index contributed by atoms with van der Waals surface area (Å²) >= 11 is 3.43. The minimum absolute atomic E-state index is 0.00741. The number of carbonyl (C=O) groups excluding carboxylic acids is 1. The number of hydrogen-bond donors (Lipinski definition) is 1. The lowest BCUT2D eigenvalue weighted by Gasteiger charge is -2.22. The molecule has 1 atom stereocenters. The Morgan fingerprint density at radius 2 is 1.85 bits per heavy atom. The summed E-state index contributed by atoms with van der Waals surface area (Å²) in [5.74, 6) is 1.49. The zero-order valence-corrected chi connectivity index (χ0v) is 16.6. The van der Waals surface area contributed by atoms with Gasteiger partial charge in [-0.1, -0.05) is 34.1 Å². The molecular formula is C20H23BrN2O3. The molecule has 2 aromatic rings. The summed E-state index contributed by atoms with van der Waals surface area (Å²) in [6, 6.07) is 13.8. The molecule has 3 rings (SSSR count). The van der Waals surface area contributed by atoms with Crippen molar-refractivity contribution in [2.75, 3.05) is 26.8 Å². The van der Waals surface area contributed by atoms with Gasteiger partial charge in [-0.05, 0) is 49.4 Å². The third kappa shape index (κ3) is 4.99. The fourth-order valence-electron chi connectivity index (χ4n) is 2.90. The molecule has 138 valence electrons. The van der Waals surface area contributed by atoms with Crippen molar-refractivity contribution < 1.29 is 14.3 Å². The number of fused-ring (bicyclic) bond motifs is 1. The zero-order chi connectivity index (χ0) is 18.5. The molecule has 1 heterocycles. The van der Waals surface area contributed by atoms with E-state index in [1.54, 1.807) is 0 Å². The van der Waals surface area contributed by atoms with Crippen molar-refractivity contribution in [1.29, 1.82) is 0 Å². The van der Waals surface area contributed by atoms with Crippen LogP contribution in [0.1, 0.15) is 24.1 Å². The fourth-order valence-corrected chi connectivity index (χ4v) is 3.17. The Hall–Kier alpha value is -2.05. The maximum absolute atomic E-state index is 12.4. The first kappa shape index (κ1) is 18.7. The molecule has 0 spiro atoms. The molecule has 2 aromatic carbocycles. The van der Waals surface area contributed by atoms with E-state index in [2.05, 4.69) is 33.4 Å². The highest BCUT2D eigenvalue weighted by atomic mass is 79.9. The summed E-state index contributed by atoms with van der Waals surface area (Å²) < 4.78 is 12.2. The molecule has 1 aliphatic rings. The molecule has 0 aromatic heterocycles. The maximum atomic E-state index is 12.4. The third-order valence-corrected chi connectivity index (χ3v) is 4.75. The lowest BCUT2D eigenvalue weighted by Crippen LogP contribution is -2.36. The van der Waals surface area contributed by atoms with Crippen molar-refractivity contribution in [3.05, 3.63) is 58.1 Å². The number of benzene rings is 2. The van der Waals surface area contributed by atoms with E-state index in [1.807, 2.05) is 49.2 Å². The van der Waals surface area contributed by atoms with E-state index in [4.69, 9.17) is 9.47 Å². The van der Waals surface area contributed by atoms with Crippen molar-refractivity contribution in [3.63, 3.8) is 0 Å². The molecule has 0 saturated carbocycles. The van der Waals surface area contributed by atoms with Gasteiger partial charge in [0.1, 0.15) is 13.2 Å². The molecule has 1 amide bonds. The van der Waals surface area contributed by atoms with E-state index in [9.17, 15) is 4.79 Å². The Labute approximate surface area is 162 Å². The number of amides is 1. The molecule has 1 aliphatic heterocycles. The van der Waals surface area contributed by atoms with Gasteiger partial charge in [0.15, 0.2) is 11.5 Å². The monoisotopic (exact) mass is 418 g/mol. The smallest absolute Gasteiger partial charge is 0.234 e. The lowest BCUT2D eigenvalue weighted by molar-refractivity contribution is -0.122. The van der Waals surface area contributed by atoms with Gasteiger partial charge in [0.05, 0.1) is 12.6 Å². The van der Waals surface area contributed by atoms with E-state index >= 15 is 0 Å². The van der Waals surface area contributed by atoms with E-state index in [0.29, 0.717) is 19.8 Å². The Morgan fingerprint density at radius 3 is 2.58 bits per heavy atom. The number of carbonyl (C=O) groups is 1.